The molecule has 2 N–H and O–H groups in total. The first-order valence-electron chi connectivity index (χ1n) is 11.4. The van der Waals surface area contributed by atoms with Crippen molar-refractivity contribution in [3.8, 4) is 5.69 Å². The second kappa shape index (κ2) is 10.4. The molecule has 1 aliphatic heterocycles. The Morgan fingerprint density at radius 3 is 2.51 bits per heavy atom. The van der Waals surface area contributed by atoms with Crippen molar-refractivity contribution in [1.29, 1.82) is 0 Å². The minimum absolute atomic E-state index is 0.0534. The second-order valence-electron chi connectivity index (χ2n) is 8.26. The fourth-order valence-corrected chi connectivity index (χ4v) is 5.00. The number of carbonyl (C=O) groups excluding carboxylic acids is 1. The van der Waals surface area contributed by atoms with E-state index in [0.29, 0.717) is 18.1 Å². The molecule has 1 fully saturated rings. The predicted molar refractivity (Wildman–Crippen MR) is 145 cm³/mol. The SMILES string of the molecule is O=C(CCN1C(=S)N[C@H](c2ccccn2)[C@@H]1c1cccn1-c1ccc(Br)cc1)Nc1ccccc1. The van der Waals surface area contributed by atoms with Crippen LogP contribution in [0, 0.1) is 0 Å². The van der Waals surface area contributed by atoms with E-state index < -0.39 is 0 Å². The van der Waals surface area contributed by atoms with Crippen LogP contribution in [-0.4, -0.2) is 32.0 Å². The van der Waals surface area contributed by atoms with Crippen LogP contribution < -0.4 is 10.6 Å². The van der Waals surface area contributed by atoms with Gasteiger partial charge in [-0.05, 0) is 72.9 Å². The number of carbonyl (C=O) groups is 1. The third-order valence-electron chi connectivity index (χ3n) is 6.02. The number of nitrogens with zero attached hydrogens (tertiary/aromatic N) is 3. The van der Waals surface area contributed by atoms with Crippen LogP contribution >= 0.6 is 28.1 Å². The highest BCUT2D eigenvalue weighted by Gasteiger charge is 2.41. The quantitative estimate of drug-likeness (QED) is 0.294. The van der Waals surface area contributed by atoms with Gasteiger partial charge in [-0.3, -0.25) is 9.78 Å². The van der Waals surface area contributed by atoms with E-state index in [9.17, 15) is 4.79 Å². The van der Waals surface area contributed by atoms with Gasteiger partial charge in [0, 0.05) is 46.9 Å². The van der Waals surface area contributed by atoms with Gasteiger partial charge in [-0.25, -0.2) is 0 Å². The number of thiocarbonyl (C=S) groups is 1. The summed E-state index contributed by atoms with van der Waals surface area (Å²) in [6, 6.07) is 27.4. The Hall–Kier alpha value is -3.49. The van der Waals surface area contributed by atoms with Crippen LogP contribution in [0.2, 0.25) is 0 Å². The Morgan fingerprint density at radius 1 is 1.00 bits per heavy atom. The molecule has 1 saturated heterocycles. The molecule has 0 unspecified atom stereocenters. The molecule has 6 nitrogen and oxygen atoms in total. The highest BCUT2D eigenvalue weighted by molar-refractivity contribution is 9.10. The van der Waals surface area contributed by atoms with Crippen LogP contribution in [0.15, 0.2) is 102 Å². The summed E-state index contributed by atoms with van der Waals surface area (Å²) < 4.78 is 3.19. The van der Waals surface area contributed by atoms with Crippen molar-refractivity contribution in [2.75, 3.05) is 11.9 Å². The fraction of sp³-hybridized carbons (Fsp3) is 0.148. The van der Waals surface area contributed by atoms with Crippen molar-refractivity contribution < 1.29 is 4.79 Å². The Bertz CT molecular complexity index is 1310. The van der Waals surface area contributed by atoms with Crippen molar-refractivity contribution in [1.82, 2.24) is 19.8 Å². The number of para-hydroxylation sites is 1. The maximum atomic E-state index is 12.7. The van der Waals surface area contributed by atoms with E-state index in [0.717, 1.165) is 27.2 Å². The fourth-order valence-electron chi connectivity index (χ4n) is 4.41. The molecule has 0 saturated carbocycles. The molecule has 2 aromatic heterocycles. The molecule has 2 aromatic carbocycles. The molecule has 0 aliphatic carbocycles. The minimum atomic E-state index is -0.148. The Balaban J connectivity index is 1.45. The monoisotopic (exact) mass is 545 g/mol. The number of hydrogen-bond donors (Lipinski definition) is 2. The van der Waals surface area contributed by atoms with Crippen LogP contribution in [0.1, 0.15) is 29.9 Å². The molecular weight excluding hydrogens is 522 g/mol. The molecule has 4 aromatic rings. The number of amides is 1. The van der Waals surface area contributed by atoms with E-state index in [1.54, 1.807) is 6.20 Å². The van der Waals surface area contributed by atoms with Crippen molar-refractivity contribution in [3.63, 3.8) is 0 Å². The molecule has 0 radical (unpaired) electrons. The van der Waals surface area contributed by atoms with Crippen molar-refractivity contribution in [3.05, 3.63) is 113 Å². The Labute approximate surface area is 218 Å². The maximum Gasteiger partial charge on any atom is 0.226 e. The number of rotatable bonds is 7. The van der Waals surface area contributed by atoms with Gasteiger partial charge in [0.2, 0.25) is 5.91 Å². The van der Waals surface area contributed by atoms with Crippen LogP contribution in [0.3, 0.4) is 0 Å². The second-order valence-corrected chi connectivity index (χ2v) is 9.57. The van der Waals surface area contributed by atoms with Gasteiger partial charge >= 0.3 is 0 Å². The highest BCUT2D eigenvalue weighted by atomic mass is 79.9. The van der Waals surface area contributed by atoms with E-state index >= 15 is 0 Å². The number of nitrogens with one attached hydrogen (secondary N) is 2. The van der Waals surface area contributed by atoms with Gasteiger partial charge in [-0.15, -0.1) is 0 Å². The standard InChI is InChI=1S/C27H24BrN5OS/c28-19-11-13-21(14-12-19)32-17-6-10-23(32)26-25(22-9-4-5-16-29-22)31-27(35)33(26)18-15-24(34)30-20-7-2-1-3-8-20/h1-14,16-17,25-26H,15,18H2,(H,30,34)(H,31,35)/t25-,26+/m1/s1. The lowest BCUT2D eigenvalue weighted by Gasteiger charge is -2.29. The number of pyridine rings is 1. The zero-order valence-corrected chi connectivity index (χ0v) is 21.2. The third kappa shape index (κ3) is 5.13. The van der Waals surface area contributed by atoms with Crippen molar-refractivity contribution >= 4 is 44.9 Å². The average Bonchev–Trinajstić information content (AvgIpc) is 3.48. The lowest BCUT2D eigenvalue weighted by Crippen LogP contribution is -2.33. The lowest BCUT2D eigenvalue weighted by atomic mass is 10.0. The molecule has 176 valence electrons. The third-order valence-corrected chi connectivity index (χ3v) is 6.90. The molecule has 0 bridgehead atoms. The summed E-state index contributed by atoms with van der Waals surface area (Å²) in [6.45, 7) is 0.476. The molecular formula is C27H24BrN5OS. The van der Waals surface area contributed by atoms with Crippen molar-refractivity contribution in [2.24, 2.45) is 0 Å². The van der Waals surface area contributed by atoms with Gasteiger partial charge in [0.05, 0.1) is 17.8 Å². The molecule has 3 heterocycles. The van der Waals surface area contributed by atoms with E-state index in [4.69, 9.17) is 12.2 Å². The Morgan fingerprint density at radius 2 is 1.77 bits per heavy atom. The van der Waals surface area contributed by atoms with Gasteiger partial charge in [-0.2, -0.15) is 0 Å². The van der Waals surface area contributed by atoms with Gasteiger partial charge in [-0.1, -0.05) is 40.2 Å². The summed E-state index contributed by atoms with van der Waals surface area (Å²) >= 11 is 9.29. The van der Waals surface area contributed by atoms with E-state index in [-0.39, 0.29) is 18.0 Å². The minimum Gasteiger partial charge on any atom is -0.352 e. The summed E-state index contributed by atoms with van der Waals surface area (Å²) in [5, 5.41) is 7.04. The molecule has 1 aliphatic rings. The van der Waals surface area contributed by atoms with E-state index in [1.165, 1.54) is 0 Å². The normalized spacial score (nSPS) is 17.3. The largest absolute Gasteiger partial charge is 0.352 e. The number of hydrogen-bond acceptors (Lipinski definition) is 3. The topological polar surface area (TPSA) is 62.2 Å². The number of halogens is 1. The highest BCUT2D eigenvalue weighted by Crippen LogP contribution is 2.39. The molecule has 0 spiro atoms. The smallest absolute Gasteiger partial charge is 0.226 e. The summed E-state index contributed by atoms with van der Waals surface area (Å²) in [5.41, 5.74) is 3.80. The molecule has 8 heteroatoms. The van der Waals surface area contributed by atoms with Crippen LogP contribution in [0.5, 0.6) is 0 Å². The van der Waals surface area contributed by atoms with E-state index in [1.807, 2.05) is 66.7 Å². The van der Waals surface area contributed by atoms with E-state index in [2.05, 4.69) is 65.4 Å². The molecule has 35 heavy (non-hydrogen) atoms. The Kier molecular flexibility index (Phi) is 6.92. The first-order chi connectivity index (χ1) is 17.1. The molecule has 2 atom stereocenters. The van der Waals surface area contributed by atoms with Gasteiger partial charge in [0.1, 0.15) is 0 Å². The molecule has 1 amide bonds. The molecule has 5 rings (SSSR count). The van der Waals surface area contributed by atoms with Crippen molar-refractivity contribution in [2.45, 2.75) is 18.5 Å². The predicted octanol–water partition coefficient (Wildman–Crippen LogP) is 5.64. The zero-order valence-electron chi connectivity index (χ0n) is 18.8. The summed E-state index contributed by atoms with van der Waals surface area (Å²) in [7, 11) is 0. The lowest BCUT2D eigenvalue weighted by molar-refractivity contribution is -0.116. The average molecular weight is 546 g/mol. The summed E-state index contributed by atoms with van der Waals surface area (Å²) in [5.74, 6) is -0.0534. The zero-order chi connectivity index (χ0) is 24.2. The summed E-state index contributed by atoms with van der Waals surface area (Å²) in [6.07, 6.45) is 4.15. The van der Waals surface area contributed by atoms with Crippen LogP contribution in [0.4, 0.5) is 5.69 Å². The van der Waals surface area contributed by atoms with Crippen LogP contribution in [0.25, 0.3) is 5.69 Å². The summed E-state index contributed by atoms with van der Waals surface area (Å²) in [4.78, 5) is 19.4. The first-order valence-corrected chi connectivity index (χ1v) is 12.6. The van der Waals surface area contributed by atoms with Gasteiger partial charge in [0.15, 0.2) is 5.11 Å². The number of anilines is 1. The van der Waals surface area contributed by atoms with Gasteiger partial charge in [0.25, 0.3) is 0 Å². The first kappa shape index (κ1) is 23.3. The number of aromatic nitrogens is 2. The van der Waals surface area contributed by atoms with Gasteiger partial charge < -0.3 is 20.1 Å². The maximum absolute atomic E-state index is 12.7. The number of benzene rings is 2. The van der Waals surface area contributed by atoms with Crippen LogP contribution in [-0.2, 0) is 4.79 Å².